The normalized spacial score (nSPS) is 27.0. The van der Waals surface area contributed by atoms with Crippen molar-refractivity contribution in [3.63, 3.8) is 0 Å². The summed E-state index contributed by atoms with van der Waals surface area (Å²) in [5.41, 5.74) is 5.13. The molecular formula is C28H37N3O. The minimum Gasteiger partial charge on any atom is -0.381 e. The molecule has 1 aromatic carbocycles. The van der Waals surface area contributed by atoms with E-state index in [2.05, 4.69) is 51.2 Å². The van der Waals surface area contributed by atoms with Crippen LogP contribution in [0.5, 0.6) is 0 Å². The Hall–Kier alpha value is -1.91. The first-order valence-electron chi connectivity index (χ1n) is 12.9. The molecule has 2 aromatic rings. The van der Waals surface area contributed by atoms with E-state index in [1.54, 1.807) is 11.1 Å². The second kappa shape index (κ2) is 8.79. The quantitative estimate of drug-likeness (QED) is 0.664. The van der Waals surface area contributed by atoms with Crippen LogP contribution in [0.4, 0.5) is 5.69 Å². The number of pyridine rings is 1. The van der Waals surface area contributed by atoms with Crippen molar-refractivity contribution in [1.82, 2.24) is 9.88 Å². The van der Waals surface area contributed by atoms with Crippen LogP contribution in [-0.4, -0.2) is 55.3 Å². The molecule has 0 radical (unpaired) electrons. The van der Waals surface area contributed by atoms with Gasteiger partial charge in [0.25, 0.3) is 0 Å². The molecule has 3 aliphatic heterocycles. The van der Waals surface area contributed by atoms with E-state index in [0.29, 0.717) is 11.3 Å². The van der Waals surface area contributed by atoms with Crippen molar-refractivity contribution in [3.05, 3.63) is 59.9 Å². The van der Waals surface area contributed by atoms with Crippen LogP contribution in [0.1, 0.15) is 67.9 Å². The van der Waals surface area contributed by atoms with Gasteiger partial charge in [-0.2, -0.15) is 0 Å². The summed E-state index contributed by atoms with van der Waals surface area (Å²) in [6, 6.07) is 14.4. The monoisotopic (exact) mass is 431 g/mol. The lowest BCUT2D eigenvalue weighted by molar-refractivity contribution is 0.0848. The average molecular weight is 432 g/mol. The Morgan fingerprint density at radius 2 is 1.56 bits per heavy atom. The van der Waals surface area contributed by atoms with Crippen LogP contribution >= 0.6 is 0 Å². The number of benzene rings is 1. The second-order valence-corrected chi connectivity index (χ2v) is 10.8. The molecule has 1 spiro atoms. The summed E-state index contributed by atoms with van der Waals surface area (Å²) in [6.45, 7) is 6.87. The van der Waals surface area contributed by atoms with E-state index >= 15 is 0 Å². The van der Waals surface area contributed by atoms with E-state index in [9.17, 15) is 0 Å². The molecular weight excluding hydrogens is 394 g/mol. The second-order valence-electron chi connectivity index (χ2n) is 10.8. The zero-order valence-electron chi connectivity index (χ0n) is 19.3. The molecule has 1 aliphatic carbocycles. The molecule has 170 valence electrons. The number of nitrogens with zero attached hydrogens (tertiary/aromatic N) is 3. The van der Waals surface area contributed by atoms with E-state index in [-0.39, 0.29) is 0 Å². The molecule has 0 unspecified atom stereocenters. The third-order valence-electron chi connectivity index (χ3n) is 8.88. The number of piperidine rings is 1. The molecule has 4 heterocycles. The maximum atomic E-state index is 5.63. The molecule has 4 nitrogen and oxygen atoms in total. The molecule has 0 bridgehead atoms. The van der Waals surface area contributed by atoms with Crippen molar-refractivity contribution in [2.75, 3.05) is 44.3 Å². The summed E-state index contributed by atoms with van der Waals surface area (Å²) in [5, 5.41) is 0. The lowest BCUT2D eigenvalue weighted by Crippen LogP contribution is -2.56. The van der Waals surface area contributed by atoms with Crippen molar-refractivity contribution in [3.8, 4) is 0 Å². The number of aromatic nitrogens is 1. The molecule has 0 amide bonds. The lowest BCUT2D eigenvalue weighted by Gasteiger charge is -2.50. The summed E-state index contributed by atoms with van der Waals surface area (Å²) in [4.78, 5) is 9.67. The minimum atomic E-state index is 0.563. The number of hydrogen-bond donors (Lipinski definition) is 0. The summed E-state index contributed by atoms with van der Waals surface area (Å²) in [6.07, 6.45) is 13.1. The highest BCUT2D eigenvalue weighted by Crippen LogP contribution is 2.49. The van der Waals surface area contributed by atoms with Crippen LogP contribution in [0.3, 0.4) is 0 Å². The van der Waals surface area contributed by atoms with Crippen LogP contribution in [0.25, 0.3) is 0 Å². The third kappa shape index (κ3) is 3.97. The van der Waals surface area contributed by atoms with Crippen molar-refractivity contribution in [2.45, 2.75) is 62.8 Å². The number of rotatable bonds is 4. The zero-order valence-corrected chi connectivity index (χ0v) is 19.3. The van der Waals surface area contributed by atoms with Gasteiger partial charge in [-0.1, -0.05) is 24.3 Å². The molecule has 0 N–H and O–H groups in total. The Morgan fingerprint density at radius 1 is 0.844 bits per heavy atom. The first-order chi connectivity index (χ1) is 15.8. The van der Waals surface area contributed by atoms with Gasteiger partial charge < -0.3 is 14.5 Å². The van der Waals surface area contributed by atoms with Gasteiger partial charge in [0.1, 0.15) is 0 Å². The molecule has 1 aromatic heterocycles. The first-order valence-corrected chi connectivity index (χ1v) is 12.9. The molecule has 3 saturated heterocycles. The number of anilines is 1. The predicted molar refractivity (Wildman–Crippen MR) is 129 cm³/mol. The van der Waals surface area contributed by atoms with Gasteiger partial charge in [-0.25, -0.2) is 0 Å². The van der Waals surface area contributed by atoms with Gasteiger partial charge in [-0.3, -0.25) is 4.98 Å². The zero-order chi connectivity index (χ0) is 21.4. The smallest absolute Gasteiger partial charge is 0.0553 e. The highest BCUT2D eigenvalue weighted by Gasteiger charge is 2.49. The average Bonchev–Trinajstić information content (AvgIpc) is 3.30. The van der Waals surface area contributed by atoms with Gasteiger partial charge in [0.05, 0.1) is 11.9 Å². The molecule has 4 heteroatoms. The van der Waals surface area contributed by atoms with E-state index in [1.807, 2.05) is 12.4 Å². The molecule has 6 rings (SSSR count). The van der Waals surface area contributed by atoms with Gasteiger partial charge >= 0.3 is 0 Å². The predicted octanol–water partition coefficient (Wildman–Crippen LogP) is 5.21. The number of ether oxygens (including phenoxy) is 1. The van der Waals surface area contributed by atoms with Gasteiger partial charge in [0, 0.05) is 44.0 Å². The Kier molecular flexibility index (Phi) is 5.68. The van der Waals surface area contributed by atoms with Crippen molar-refractivity contribution in [2.24, 2.45) is 5.41 Å². The minimum absolute atomic E-state index is 0.563. The van der Waals surface area contributed by atoms with E-state index in [0.717, 1.165) is 25.2 Å². The molecule has 1 atom stereocenters. The number of hydrogen-bond acceptors (Lipinski definition) is 4. The fourth-order valence-electron chi connectivity index (χ4n) is 7.10. The van der Waals surface area contributed by atoms with E-state index < -0.39 is 0 Å². The Balaban J connectivity index is 1.05. The number of likely N-dealkylation sites (tertiary alicyclic amines) is 1. The third-order valence-corrected chi connectivity index (χ3v) is 8.88. The highest BCUT2D eigenvalue weighted by atomic mass is 16.5. The highest BCUT2D eigenvalue weighted by molar-refractivity contribution is 5.48. The van der Waals surface area contributed by atoms with Crippen LogP contribution in [0.15, 0.2) is 48.8 Å². The fraction of sp³-hybridized carbons (Fsp3) is 0.607. The summed E-state index contributed by atoms with van der Waals surface area (Å²) in [5.74, 6) is 1.44. The summed E-state index contributed by atoms with van der Waals surface area (Å²) >= 11 is 0. The lowest BCUT2D eigenvalue weighted by atomic mass is 9.77. The topological polar surface area (TPSA) is 28.6 Å². The van der Waals surface area contributed by atoms with Crippen LogP contribution in [0, 0.1) is 5.41 Å². The molecule has 4 aliphatic rings. The van der Waals surface area contributed by atoms with Crippen LogP contribution in [-0.2, 0) is 4.74 Å². The maximum absolute atomic E-state index is 5.63. The van der Waals surface area contributed by atoms with Crippen LogP contribution < -0.4 is 4.90 Å². The fourth-order valence-corrected chi connectivity index (χ4v) is 7.10. The van der Waals surface area contributed by atoms with Gasteiger partial charge in [-0.05, 0) is 93.1 Å². The van der Waals surface area contributed by atoms with Crippen LogP contribution in [0.2, 0.25) is 0 Å². The Labute approximate surface area is 193 Å². The standard InChI is InChI=1S/C28H37N3O/c1-2-6-27(23-10-16-32-17-11-23)26(5-1)22-8-14-30(15-9-22)24-7-12-28(18-24)20-31(21-28)25-4-3-13-29-19-25/h1-6,13,19,22-24H,7-12,14-18,20-21H2/t24-/m1/s1. The van der Waals surface area contributed by atoms with Gasteiger partial charge in [-0.15, -0.1) is 0 Å². The van der Waals surface area contributed by atoms with E-state index in [1.165, 1.54) is 76.8 Å². The molecule has 4 fully saturated rings. The largest absolute Gasteiger partial charge is 0.381 e. The van der Waals surface area contributed by atoms with E-state index in [4.69, 9.17) is 4.74 Å². The van der Waals surface area contributed by atoms with Crippen molar-refractivity contribution >= 4 is 5.69 Å². The summed E-state index contributed by atoms with van der Waals surface area (Å²) < 4.78 is 5.63. The Morgan fingerprint density at radius 3 is 2.25 bits per heavy atom. The van der Waals surface area contributed by atoms with Gasteiger partial charge in [0.2, 0.25) is 0 Å². The summed E-state index contributed by atoms with van der Waals surface area (Å²) in [7, 11) is 0. The Bertz CT molecular complexity index is 896. The van der Waals surface area contributed by atoms with Gasteiger partial charge in [0.15, 0.2) is 0 Å². The first kappa shape index (κ1) is 20.7. The molecule has 1 saturated carbocycles. The molecule has 32 heavy (non-hydrogen) atoms. The maximum Gasteiger partial charge on any atom is 0.0553 e. The van der Waals surface area contributed by atoms with Crippen molar-refractivity contribution < 1.29 is 4.74 Å². The van der Waals surface area contributed by atoms with Crippen molar-refractivity contribution in [1.29, 1.82) is 0 Å². The SMILES string of the molecule is c1cncc(N2CC3(CC[C@@H](N4CCC(c5ccccc5C5CCOCC5)CC4)C3)C2)c1.